The van der Waals surface area contributed by atoms with Gasteiger partial charge in [0.2, 0.25) is 0 Å². The maximum absolute atomic E-state index is 4.42. The third kappa shape index (κ3) is 6.63. The molecule has 3 rings (SSSR count). The van der Waals surface area contributed by atoms with Gasteiger partial charge in [-0.2, -0.15) is 0 Å². The molecule has 0 aromatic heterocycles. The van der Waals surface area contributed by atoms with E-state index in [0.29, 0.717) is 5.41 Å². The van der Waals surface area contributed by atoms with Gasteiger partial charge in [0.05, 0.1) is 0 Å². The SMILES string of the molecule is CCC1(CNC(=NC)NCC2CCN(CCc3ccccc3)C2)CCC1.I. The van der Waals surface area contributed by atoms with Crippen molar-refractivity contribution in [3.05, 3.63) is 35.9 Å². The Morgan fingerprint density at radius 2 is 2.00 bits per heavy atom. The molecular formula is C22H37IN4. The van der Waals surface area contributed by atoms with Crippen molar-refractivity contribution in [3.8, 4) is 0 Å². The van der Waals surface area contributed by atoms with E-state index >= 15 is 0 Å². The highest BCUT2D eigenvalue weighted by molar-refractivity contribution is 14.0. The lowest BCUT2D eigenvalue weighted by atomic mass is 9.67. The lowest BCUT2D eigenvalue weighted by Crippen LogP contribution is -2.47. The molecule has 1 aromatic carbocycles. The number of rotatable bonds is 8. The largest absolute Gasteiger partial charge is 0.356 e. The van der Waals surface area contributed by atoms with Gasteiger partial charge in [-0.25, -0.2) is 0 Å². The summed E-state index contributed by atoms with van der Waals surface area (Å²) < 4.78 is 0. The van der Waals surface area contributed by atoms with Crippen LogP contribution in [0.3, 0.4) is 0 Å². The standard InChI is InChI=1S/C22H36N4.HI/c1-3-22(12-7-13-22)18-25-21(23-2)24-16-20-11-15-26(17-20)14-10-19-8-5-4-6-9-19;/h4-6,8-9,20H,3,7,10-18H2,1-2H3,(H2,23,24,25);1H. The molecule has 1 heterocycles. The van der Waals surface area contributed by atoms with Gasteiger partial charge in [-0.1, -0.05) is 43.7 Å². The van der Waals surface area contributed by atoms with Crippen LogP contribution in [0.4, 0.5) is 0 Å². The lowest BCUT2D eigenvalue weighted by Gasteiger charge is -2.41. The predicted molar refractivity (Wildman–Crippen MR) is 126 cm³/mol. The first-order chi connectivity index (χ1) is 12.7. The zero-order valence-corrected chi connectivity index (χ0v) is 19.4. The Morgan fingerprint density at radius 1 is 1.22 bits per heavy atom. The number of hydrogen-bond donors (Lipinski definition) is 2. The van der Waals surface area contributed by atoms with Crippen LogP contribution in [0.2, 0.25) is 0 Å². The molecule has 1 aromatic rings. The van der Waals surface area contributed by atoms with Gasteiger partial charge in [0, 0.05) is 33.2 Å². The minimum Gasteiger partial charge on any atom is -0.356 e. The minimum absolute atomic E-state index is 0. The van der Waals surface area contributed by atoms with Crippen LogP contribution >= 0.6 is 24.0 Å². The van der Waals surface area contributed by atoms with Crippen molar-refractivity contribution in [1.29, 1.82) is 0 Å². The molecule has 1 aliphatic heterocycles. The van der Waals surface area contributed by atoms with E-state index < -0.39 is 0 Å². The van der Waals surface area contributed by atoms with E-state index in [-0.39, 0.29) is 24.0 Å². The van der Waals surface area contributed by atoms with Gasteiger partial charge in [-0.3, -0.25) is 4.99 Å². The van der Waals surface area contributed by atoms with Crippen molar-refractivity contribution < 1.29 is 0 Å². The van der Waals surface area contributed by atoms with Crippen LogP contribution in [-0.4, -0.2) is 50.6 Å². The zero-order valence-electron chi connectivity index (χ0n) is 17.0. The van der Waals surface area contributed by atoms with Crippen molar-refractivity contribution >= 4 is 29.9 Å². The molecule has 5 heteroatoms. The Balaban J connectivity index is 0.00000261. The Bertz CT molecular complexity index is 565. The maximum atomic E-state index is 4.42. The number of likely N-dealkylation sites (tertiary alicyclic amines) is 1. The fourth-order valence-corrected chi connectivity index (χ4v) is 4.28. The average molecular weight is 484 g/mol. The number of nitrogens with one attached hydrogen (secondary N) is 2. The van der Waals surface area contributed by atoms with Crippen molar-refractivity contribution in [2.45, 2.75) is 45.4 Å². The number of halogens is 1. The first-order valence-corrected chi connectivity index (χ1v) is 10.4. The summed E-state index contributed by atoms with van der Waals surface area (Å²) in [5.74, 6) is 1.71. The van der Waals surface area contributed by atoms with Gasteiger partial charge < -0.3 is 15.5 Å². The molecule has 2 N–H and O–H groups in total. The molecule has 0 radical (unpaired) electrons. The molecule has 27 heavy (non-hydrogen) atoms. The highest BCUT2D eigenvalue weighted by Crippen LogP contribution is 2.42. The molecule has 0 bridgehead atoms. The Morgan fingerprint density at radius 3 is 2.63 bits per heavy atom. The number of nitrogens with zero attached hydrogens (tertiary/aromatic N) is 2. The van der Waals surface area contributed by atoms with Gasteiger partial charge in [0.1, 0.15) is 0 Å². The Hall–Kier alpha value is -0.820. The van der Waals surface area contributed by atoms with Crippen LogP contribution in [0.25, 0.3) is 0 Å². The van der Waals surface area contributed by atoms with Crippen LogP contribution in [-0.2, 0) is 6.42 Å². The van der Waals surface area contributed by atoms with Crippen molar-refractivity contribution in [2.24, 2.45) is 16.3 Å². The summed E-state index contributed by atoms with van der Waals surface area (Å²) in [5, 5.41) is 7.13. The first-order valence-electron chi connectivity index (χ1n) is 10.4. The second-order valence-electron chi connectivity index (χ2n) is 8.20. The summed E-state index contributed by atoms with van der Waals surface area (Å²) in [5.41, 5.74) is 1.97. The first kappa shape index (κ1) is 22.5. The molecular weight excluding hydrogens is 447 g/mol. The van der Waals surface area contributed by atoms with E-state index in [0.717, 1.165) is 31.4 Å². The predicted octanol–water partition coefficient (Wildman–Crippen LogP) is 3.91. The maximum Gasteiger partial charge on any atom is 0.191 e. The van der Waals surface area contributed by atoms with Crippen molar-refractivity contribution in [3.63, 3.8) is 0 Å². The quantitative estimate of drug-likeness (QED) is 0.334. The summed E-state index contributed by atoms with van der Waals surface area (Å²) in [4.78, 5) is 7.03. The summed E-state index contributed by atoms with van der Waals surface area (Å²) in [6.45, 7) is 8.02. The second-order valence-corrected chi connectivity index (χ2v) is 8.20. The van der Waals surface area contributed by atoms with Crippen LogP contribution in [0.15, 0.2) is 35.3 Å². The highest BCUT2D eigenvalue weighted by Gasteiger charge is 2.35. The Labute approximate surface area is 182 Å². The van der Waals surface area contributed by atoms with Crippen LogP contribution < -0.4 is 10.6 Å². The minimum atomic E-state index is 0. The number of benzene rings is 1. The zero-order chi connectivity index (χ0) is 18.2. The van der Waals surface area contributed by atoms with E-state index in [4.69, 9.17) is 0 Å². The number of guanidine groups is 1. The molecule has 4 nitrogen and oxygen atoms in total. The normalized spacial score (nSPS) is 22.0. The molecule has 0 amide bonds. The molecule has 2 fully saturated rings. The number of aliphatic imine (C=N–C) groups is 1. The monoisotopic (exact) mass is 484 g/mol. The fourth-order valence-electron chi connectivity index (χ4n) is 4.28. The van der Waals surface area contributed by atoms with E-state index in [9.17, 15) is 0 Å². The van der Waals surface area contributed by atoms with Gasteiger partial charge in [0.25, 0.3) is 0 Å². The highest BCUT2D eigenvalue weighted by atomic mass is 127. The van der Waals surface area contributed by atoms with Crippen LogP contribution in [0.5, 0.6) is 0 Å². The molecule has 152 valence electrons. The number of hydrogen-bond acceptors (Lipinski definition) is 2. The average Bonchev–Trinajstić information content (AvgIpc) is 3.10. The third-order valence-electron chi connectivity index (χ3n) is 6.51. The topological polar surface area (TPSA) is 39.7 Å². The van der Waals surface area contributed by atoms with E-state index in [2.05, 4.69) is 57.8 Å². The van der Waals surface area contributed by atoms with Gasteiger partial charge in [-0.05, 0) is 55.5 Å². The van der Waals surface area contributed by atoms with Gasteiger partial charge >= 0.3 is 0 Å². The second kappa shape index (κ2) is 11.2. The van der Waals surface area contributed by atoms with E-state index in [1.165, 1.54) is 57.3 Å². The summed E-state index contributed by atoms with van der Waals surface area (Å²) >= 11 is 0. The molecule has 2 aliphatic rings. The molecule has 1 unspecified atom stereocenters. The molecule has 1 saturated carbocycles. The third-order valence-corrected chi connectivity index (χ3v) is 6.51. The van der Waals surface area contributed by atoms with E-state index in [1.807, 2.05) is 7.05 Å². The fraction of sp³-hybridized carbons (Fsp3) is 0.682. The van der Waals surface area contributed by atoms with Crippen LogP contribution in [0.1, 0.15) is 44.6 Å². The van der Waals surface area contributed by atoms with Gasteiger partial charge in [0.15, 0.2) is 5.96 Å². The summed E-state index contributed by atoms with van der Waals surface area (Å²) in [6, 6.07) is 10.8. The molecule has 1 aliphatic carbocycles. The summed E-state index contributed by atoms with van der Waals surface area (Å²) in [7, 11) is 1.88. The van der Waals surface area contributed by atoms with Crippen molar-refractivity contribution in [1.82, 2.24) is 15.5 Å². The van der Waals surface area contributed by atoms with E-state index in [1.54, 1.807) is 0 Å². The van der Waals surface area contributed by atoms with Crippen LogP contribution in [0, 0.1) is 11.3 Å². The molecule has 0 spiro atoms. The van der Waals surface area contributed by atoms with Gasteiger partial charge in [-0.15, -0.1) is 24.0 Å². The lowest BCUT2D eigenvalue weighted by molar-refractivity contribution is 0.131. The van der Waals surface area contributed by atoms with Crippen molar-refractivity contribution in [2.75, 3.05) is 39.8 Å². The summed E-state index contributed by atoms with van der Waals surface area (Å²) in [6.07, 6.45) is 7.85. The molecule has 1 saturated heterocycles. The Kier molecular flexibility index (Phi) is 9.36. The molecule has 1 atom stereocenters. The smallest absolute Gasteiger partial charge is 0.191 e.